The summed E-state index contributed by atoms with van der Waals surface area (Å²) in [4.78, 5) is 12.9. The number of nitrogens with zero attached hydrogens (tertiary/aromatic N) is 9. The monoisotopic (exact) mass is 1450 g/mol. The van der Waals surface area contributed by atoms with Crippen molar-refractivity contribution in [3.63, 3.8) is 0 Å². The summed E-state index contributed by atoms with van der Waals surface area (Å²) in [5.74, 6) is 2.60. The number of pyridine rings is 3. The van der Waals surface area contributed by atoms with Crippen LogP contribution in [0.1, 0.15) is 79.0 Å². The Morgan fingerprint density at radius 1 is 0.300 bits per heavy atom. The second kappa shape index (κ2) is 28.9. The molecule has 3 N–H and O–H groups in total. The van der Waals surface area contributed by atoms with Gasteiger partial charge in [0, 0.05) is 55.8 Å². The largest absolute Gasteiger partial charge is 0.512 e. The van der Waals surface area contributed by atoms with Gasteiger partial charge in [-0.2, -0.15) is 94.3 Å². The van der Waals surface area contributed by atoms with Crippen LogP contribution >= 0.6 is 0 Å². The lowest BCUT2D eigenvalue weighted by atomic mass is 9.88. The number of aromatic nitrogens is 9. The molecule has 0 aliphatic carbocycles. The Hall–Kier alpha value is -6.60. The predicted molar refractivity (Wildman–Crippen MR) is 279 cm³/mol. The molecule has 48 heteroatoms. The van der Waals surface area contributed by atoms with E-state index < -0.39 is 106 Å². The fourth-order valence-electron chi connectivity index (χ4n) is 4.96. The van der Waals surface area contributed by atoms with Crippen LogP contribution < -0.4 is 12.4 Å². The minimum absolute atomic E-state index is 0.144. The molecule has 90 heavy (non-hydrogen) atoms. The lowest BCUT2D eigenvalue weighted by Crippen LogP contribution is -2.45. The molecule has 6 aromatic rings. The van der Waals surface area contributed by atoms with Gasteiger partial charge in [-0.05, 0) is 87.5 Å². The molecule has 0 aromatic carbocycles. The Morgan fingerprint density at radius 2 is 0.467 bits per heavy atom. The molecule has 0 saturated carbocycles. The molecule has 0 aliphatic rings. The Morgan fingerprint density at radius 3 is 0.589 bits per heavy atom. The summed E-state index contributed by atoms with van der Waals surface area (Å²) >= 11 is 0. The summed E-state index contributed by atoms with van der Waals surface area (Å²) < 4.78 is 330. The minimum Gasteiger partial charge on any atom is -0.237 e. The van der Waals surface area contributed by atoms with E-state index in [4.69, 9.17) is 0 Å². The first kappa shape index (κ1) is 81.4. The molecule has 0 spiro atoms. The molecule has 6 aromatic heterocycles. The van der Waals surface area contributed by atoms with E-state index in [1.165, 1.54) is 16.7 Å². The fourth-order valence-corrected chi connectivity index (χ4v) is 10.7. The normalized spacial score (nSPS) is 13.5. The van der Waals surface area contributed by atoms with Crippen molar-refractivity contribution in [3.05, 3.63) is 127 Å². The molecule has 0 bridgehead atoms. The molecule has 6 rings (SSSR count). The van der Waals surface area contributed by atoms with E-state index in [0.29, 0.717) is 0 Å². The summed E-state index contributed by atoms with van der Waals surface area (Å²) in [7, 11) is -39.6. The average molecular weight is 1450 g/mol. The zero-order valence-electron chi connectivity index (χ0n) is 46.6. The zero-order chi connectivity index (χ0) is 70.8. The van der Waals surface area contributed by atoms with Crippen molar-refractivity contribution in [1.82, 2.24) is 56.7 Å². The molecule has 24 nitrogen and oxygen atoms in total. The molecule has 0 aliphatic heterocycles. The first-order chi connectivity index (χ1) is 39.8. The highest BCUT2D eigenvalue weighted by Crippen LogP contribution is 2.31. The molecule has 0 amide bonds. The standard InChI is InChI=1S/3C12H15N3.3C2HF6NO4S2/c3*1-12(2,3)10-5-7-13-11(9-10)15-8-4-6-14-15;3*3-1(4,5)14(10,11)9-15(12,13)2(6,7)8/h3*4-9H,1-3H3;3*9H. The van der Waals surface area contributed by atoms with Gasteiger partial charge in [0.15, 0.2) is 17.5 Å². The molecule has 0 unspecified atom stereocenters. The van der Waals surface area contributed by atoms with Crippen LogP contribution in [0.5, 0.6) is 0 Å². The number of hydrogen-bond donors (Lipinski definition) is 3. The first-order valence-corrected chi connectivity index (χ1v) is 31.9. The van der Waals surface area contributed by atoms with E-state index in [2.05, 4.69) is 111 Å². The minimum atomic E-state index is -6.60. The number of nitrogens with one attached hydrogen (secondary N) is 3. The van der Waals surface area contributed by atoms with Crippen LogP contribution in [0, 0.1) is 0 Å². The second-order valence-corrected chi connectivity index (χ2v) is 30.6. The Balaban J connectivity index is 0.000000540. The number of halogens is 18. The van der Waals surface area contributed by atoms with Gasteiger partial charge in [-0.3, -0.25) is 0 Å². The molecular formula is C42H48F18N12O12S6. The van der Waals surface area contributed by atoms with Crippen molar-refractivity contribution < 1.29 is 130 Å². The molecule has 0 saturated heterocycles. The number of hydrogen-bond acceptors (Lipinski definition) is 18. The second-order valence-electron chi connectivity index (χ2n) is 19.8. The van der Waals surface area contributed by atoms with Crippen LogP contribution in [-0.2, 0) is 76.4 Å². The van der Waals surface area contributed by atoms with Crippen molar-refractivity contribution >= 4 is 60.1 Å². The maximum atomic E-state index is 11.5. The van der Waals surface area contributed by atoms with Crippen LogP contribution in [0.15, 0.2) is 110 Å². The van der Waals surface area contributed by atoms with Gasteiger partial charge in [-0.25, -0.2) is 79.5 Å². The topological polar surface area (TPSA) is 333 Å². The van der Waals surface area contributed by atoms with Crippen LogP contribution in [0.2, 0.25) is 0 Å². The zero-order valence-corrected chi connectivity index (χ0v) is 51.5. The molecule has 0 fully saturated rings. The van der Waals surface area contributed by atoms with Gasteiger partial charge in [0.1, 0.15) is 0 Å². The van der Waals surface area contributed by atoms with Gasteiger partial charge < -0.3 is 0 Å². The summed E-state index contributed by atoms with van der Waals surface area (Å²) in [5.41, 5.74) is -32.7. The van der Waals surface area contributed by atoms with Crippen LogP contribution in [0.3, 0.4) is 0 Å². The lowest BCUT2D eigenvalue weighted by molar-refractivity contribution is -0.0487. The van der Waals surface area contributed by atoms with Crippen molar-refractivity contribution in [2.45, 2.75) is 112 Å². The fraction of sp³-hybridized carbons (Fsp3) is 0.429. The van der Waals surface area contributed by atoms with E-state index in [9.17, 15) is 130 Å². The van der Waals surface area contributed by atoms with Gasteiger partial charge in [-0.15, -0.1) is 0 Å². The quantitative estimate of drug-likeness (QED) is 0.114. The first-order valence-electron chi connectivity index (χ1n) is 23.0. The Labute approximate surface area is 500 Å². The average Bonchev–Trinajstić information content (AvgIpc) is 1.04. The van der Waals surface area contributed by atoms with E-state index in [0.717, 1.165) is 17.5 Å². The maximum absolute atomic E-state index is 11.5. The summed E-state index contributed by atoms with van der Waals surface area (Å²) in [6.45, 7) is 19.7. The van der Waals surface area contributed by atoms with Gasteiger partial charge in [-0.1, -0.05) is 74.7 Å². The van der Waals surface area contributed by atoms with Crippen molar-refractivity contribution in [2.24, 2.45) is 0 Å². The summed E-state index contributed by atoms with van der Waals surface area (Å²) in [6.07, 6.45) is 16.5. The highest BCUT2D eigenvalue weighted by atomic mass is 32.3. The third kappa shape index (κ3) is 24.6. The van der Waals surface area contributed by atoms with E-state index in [1.54, 1.807) is 32.6 Å². The number of sulfonamides is 6. The lowest BCUT2D eigenvalue weighted by Gasteiger charge is -2.19. The number of alkyl halides is 18. The highest BCUT2D eigenvalue weighted by molar-refractivity contribution is 8.06. The third-order valence-electron chi connectivity index (χ3n) is 9.54. The summed E-state index contributed by atoms with van der Waals surface area (Å²) in [6, 6.07) is 18.1. The van der Waals surface area contributed by atoms with E-state index in [-0.39, 0.29) is 16.2 Å². The van der Waals surface area contributed by atoms with Crippen molar-refractivity contribution in [2.75, 3.05) is 0 Å². The van der Waals surface area contributed by atoms with Gasteiger partial charge in [0.2, 0.25) is 0 Å². The predicted octanol–water partition coefficient (Wildman–Crippen LogP) is 8.52. The van der Waals surface area contributed by atoms with Crippen LogP contribution in [-0.4, -0.2) is 128 Å². The SMILES string of the molecule is CC(C)(C)c1ccnc(-n2cccn2)c1.CC(C)(C)c1ccnc(-n2cccn2)c1.CC(C)(C)c1ccnc(-n2cccn2)c1.O=S(=O)(NS(=O)(=O)C(F)(F)F)C(F)(F)F.O=S(=O)(NS(=O)(=O)C(F)(F)F)C(F)(F)F.O=S(=O)(NS(=O)(=O)C(F)(F)F)C(F)(F)F. The van der Waals surface area contributed by atoms with Gasteiger partial charge >= 0.3 is 93.2 Å². The number of rotatable bonds is 9. The van der Waals surface area contributed by atoms with Crippen molar-refractivity contribution in [1.29, 1.82) is 0 Å². The summed E-state index contributed by atoms with van der Waals surface area (Å²) in [5, 5.41) is 12.5. The van der Waals surface area contributed by atoms with E-state index in [1.807, 2.05) is 73.6 Å². The van der Waals surface area contributed by atoms with Crippen LogP contribution in [0.25, 0.3) is 17.5 Å². The van der Waals surface area contributed by atoms with Crippen molar-refractivity contribution in [3.8, 4) is 17.5 Å². The smallest absolute Gasteiger partial charge is 0.237 e. The maximum Gasteiger partial charge on any atom is 0.512 e. The Bertz CT molecular complexity index is 3460. The third-order valence-corrected chi connectivity index (χ3v) is 18.5. The Kier molecular flexibility index (Phi) is 26.2. The molecule has 0 atom stereocenters. The van der Waals surface area contributed by atoms with Crippen LogP contribution in [0.4, 0.5) is 79.0 Å². The van der Waals surface area contributed by atoms with Gasteiger partial charge in [0.05, 0.1) is 0 Å². The van der Waals surface area contributed by atoms with Gasteiger partial charge in [0.25, 0.3) is 0 Å². The molecule has 510 valence electrons. The van der Waals surface area contributed by atoms with E-state index >= 15 is 0 Å². The highest BCUT2D eigenvalue weighted by Gasteiger charge is 2.57. The molecular weight excluding hydrogens is 1400 g/mol. The molecule has 0 radical (unpaired) electrons. The molecule has 6 heterocycles.